The van der Waals surface area contributed by atoms with E-state index in [-0.39, 0.29) is 31.5 Å². The molecule has 4 rings (SSSR count). The van der Waals surface area contributed by atoms with E-state index in [1.807, 2.05) is 6.07 Å². The van der Waals surface area contributed by atoms with E-state index in [2.05, 4.69) is 0 Å². The number of nitrogens with zero attached hydrogens (tertiary/aromatic N) is 1. The molecule has 0 saturated carbocycles. The first-order chi connectivity index (χ1) is 12.1. The first-order valence-electron chi connectivity index (χ1n) is 7.92. The third-order valence-corrected chi connectivity index (χ3v) is 4.40. The molecule has 7 heteroatoms. The number of hydrogen-bond acceptors (Lipinski definition) is 6. The van der Waals surface area contributed by atoms with Crippen LogP contribution in [0.3, 0.4) is 0 Å². The molecule has 0 spiro atoms. The number of ketones is 1. The molecule has 7 nitrogen and oxygen atoms in total. The van der Waals surface area contributed by atoms with E-state index >= 15 is 0 Å². The van der Waals surface area contributed by atoms with Gasteiger partial charge < -0.3 is 14.2 Å². The highest BCUT2D eigenvalue weighted by Gasteiger charge is 2.24. The van der Waals surface area contributed by atoms with Gasteiger partial charge in [-0.3, -0.25) is 14.9 Å². The molecule has 1 aliphatic heterocycles. The molecule has 0 N–H and O–H groups in total. The Morgan fingerprint density at radius 1 is 1.24 bits per heavy atom. The highest BCUT2D eigenvalue weighted by molar-refractivity contribution is 6.01. The summed E-state index contributed by atoms with van der Waals surface area (Å²) in [6.45, 7) is 0.487. The second kappa shape index (κ2) is 6.18. The zero-order chi connectivity index (χ0) is 17.4. The third-order valence-electron chi connectivity index (χ3n) is 4.40. The number of benzene rings is 2. The largest absolute Gasteiger partial charge is 0.488 e. The van der Waals surface area contributed by atoms with Gasteiger partial charge in [-0.15, -0.1) is 0 Å². The lowest BCUT2D eigenvalue weighted by Gasteiger charge is -2.21. The van der Waals surface area contributed by atoms with Crippen molar-refractivity contribution >= 4 is 11.5 Å². The summed E-state index contributed by atoms with van der Waals surface area (Å²) in [5, 5.41) is 11.1. The van der Waals surface area contributed by atoms with Crippen molar-refractivity contribution in [2.75, 3.05) is 6.79 Å². The molecule has 2 aliphatic rings. The predicted octanol–water partition coefficient (Wildman–Crippen LogP) is 3.17. The fourth-order valence-electron chi connectivity index (χ4n) is 3.24. The summed E-state index contributed by atoms with van der Waals surface area (Å²) in [5.41, 5.74) is 2.79. The Morgan fingerprint density at radius 3 is 2.96 bits per heavy atom. The van der Waals surface area contributed by atoms with Gasteiger partial charge >= 0.3 is 0 Å². The van der Waals surface area contributed by atoms with Crippen LogP contribution in [-0.2, 0) is 24.4 Å². The lowest BCUT2D eigenvalue weighted by molar-refractivity contribution is -0.385. The monoisotopic (exact) mass is 341 g/mol. The van der Waals surface area contributed by atoms with Gasteiger partial charge in [0.15, 0.2) is 12.6 Å². The summed E-state index contributed by atoms with van der Waals surface area (Å²) < 4.78 is 16.6. The van der Waals surface area contributed by atoms with Crippen molar-refractivity contribution in [3.8, 4) is 11.5 Å². The second-order valence-corrected chi connectivity index (χ2v) is 5.96. The van der Waals surface area contributed by atoms with Crippen LogP contribution in [0.25, 0.3) is 0 Å². The van der Waals surface area contributed by atoms with Crippen molar-refractivity contribution in [3.05, 3.63) is 62.7 Å². The summed E-state index contributed by atoms with van der Waals surface area (Å²) in [5.74, 6) is 1.32. The number of carbonyl (C=O) groups is 1. The van der Waals surface area contributed by atoms with Crippen molar-refractivity contribution < 1.29 is 23.9 Å². The summed E-state index contributed by atoms with van der Waals surface area (Å²) >= 11 is 0. The average molecular weight is 341 g/mol. The van der Waals surface area contributed by atoms with Crippen molar-refractivity contribution in [3.63, 3.8) is 0 Å². The van der Waals surface area contributed by atoms with Gasteiger partial charge in [0.05, 0.1) is 11.5 Å². The molecule has 0 amide bonds. The van der Waals surface area contributed by atoms with E-state index < -0.39 is 4.92 Å². The molecule has 0 atom stereocenters. The number of carbonyl (C=O) groups excluding carboxylic acids is 1. The maximum absolute atomic E-state index is 11.8. The normalized spacial score (nSPS) is 15.3. The van der Waals surface area contributed by atoms with Gasteiger partial charge in [0.25, 0.3) is 5.69 Å². The van der Waals surface area contributed by atoms with Gasteiger partial charge in [-0.1, -0.05) is 12.1 Å². The van der Waals surface area contributed by atoms with Crippen LogP contribution in [0.4, 0.5) is 5.69 Å². The topological polar surface area (TPSA) is 87.9 Å². The third kappa shape index (κ3) is 2.83. The molecule has 0 bridgehead atoms. The summed E-state index contributed by atoms with van der Waals surface area (Å²) in [6, 6.07) is 8.30. The quantitative estimate of drug-likeness (QED) is 0.627. The van der Waals surface area contributed by atoms with Crippen LogP contribution in [0.1, 0.15) is 33.5 Å². The Balaban J connectivity index is 1.64. The molecule has 0 unspecified atom stereocenters. The van der Waals surface area contributed by atoms with Crippen LogP contribution in [0.15, 0.2) is 30.3 Å². The van der Waals surface area contributed by atoms with E-state index in [4.69, 9.17) is 14.2 Å². The van der Waals surface area contributed by atoms with E-state index in [1.165, 1.54) is 12.1 Å². The lowest BCUT2D eigenvalue weighted by atomic mass is 10.1. The zero-order valence-corrected chi connectivity index (χ0v) is 13.3. The molecule has 0 saturated heterocycles. The van der Waals surface area contributed by atoms with Crippen molar-refractivity contribution in [2.24, 2.45) is 0 Å². The highest BCUT2D eigenvalue weighted by Crippen LogP contribution is 2.35. The smallest absolute Gasteiger partial charge is 0.270 e. The maximum atomic E-state index is 11.8. The molecule has 1 heterocycles. The molecule has 2 aromatic rings. The summed E-state index contributed by atoms with van der Waals surface area (Å²) in [4.78, 5) is 22.5. The van der Waals surface area contributed by atoms with Crippen LogP contribution in [-0.4, -0.2) is 17.5 Å². The maximum Gasteiger partial charge on any atom is 0.270 e. The summed E-state index contributed by atoms with van der Waals surface area (Å²) in [7, 11) is 0. The van der Waals surface area contributed by atoms with E-state index in [0.717, 1.165) is 5.56 Å². The van der Waals surface area contributed by atoms with Gasteiger partial charge in [-0.05, 0) is 12.5 Å². The van der Waals surface area contributed by atoms with Gasteiger partial charge in [0, 0.05) is 40.8 Å². The molecule has 25 heavy (non-hydrogen) atoms. The minimum atomic E-state index is -0.447. The number of nitro groups is 1. The van der Waals surface area contributed by atoms with E-state index in [0.29, 0.717) is 41.0 Å². The van der Waals surface area contributed by atoms with Crippen molar-refractivity contribution in [2.45, 2.75) is 26.1 Å². The molecule has 2 aromatic carbocycles. The minimum absolute atomic E-state index is 0.0279. The molecule has 0 fully saturated rings. The zero-order valence-electron chi connectivity index (χ0n) is 13.3. The van der Waals surface area contributed by atoms with Gasteiger partial charge in [0.1, 0.15) is 18.1 Å². The van der Waals surface area contributed by atoms with Crippen LogP contribution >= 0.6 is 0 Å². The number of ether oxygens (including phenoxy) is 3. The molecule has 128 valence electrons. The lowest BCUT2D eigenvalue weighted by Crippen LogP contribution is -2.14. The Morgan fingerprint density at radius 2 is 2.12 bits per heavy atom. The van der Waals surface area contributed by atoms with Crippen molar-refractivity contribution in [1.29, 1.82) is 0 Å². The Hall–Kier alpha value is -2.93. The fraction of sp³-hybridized carbons (Fsp3) is 0.278. The standard InChI is InChI=1S/C18H15NO6/c20-16-5-4-15-14(16)2-1-3-17(15)24-9-12-7-13(19(21)22)6-11-8-23-10-25-18(11)12/h1-3,6-7H,4-5,8-10H2. The Labute approximate surface area is 143 Å². The van der Waals surface area contributed by atoms with Crippen LogP contribution in [0.5, 0.6) is 11.5 Å². The summed E-state index contributed by atoms with van der Waals surface area (Å²) in [6.07, 6.45) is 1.14. The van der Waals surface area contributed by atoms with E-state index in [9.17, 15) is 14.9 Å². The molecule has 0 radical (unpaired) electrons. The number of fused-ring (bicyclic) bond motifs is 2. The first kappa shape index (κ1) is 15.6. The molecular weight excluding hydrogens is 326 g/mol. The Kier molecular flexibility index (Phi) is 3.85. The van der Waals surface area contributed by atoms with Crippen molar-refractivity contribution in [1.82, 2.24) is 0 Å². The molecule has 0 aromatic heterocycles. The minimum Gasteiger partial charge on any atom is -0.488 e. The number of nitro benzene ring substituents is 1. The van der Waals surface area contributed by atoms with Crippen LogP contribution in [0, 0.1) is 10.1 Å². The number of hydrogen-bond donors (Lipinski definition) is 0. The predicted molar refractivity (Wildman–Crippen MR) is 86.8 cm³/mol. The molecule has 1 aliphatic carbocycles. The highest BCUT2D eigenvalue weighted by atomic mass is 16.7. The number of Topliss-reactive ketones (excluding diaryl/α,β-unsaturated/α-hetero) is 1. The van der Waals surface area contributed by atoms with Gasteiger partial charge in [-0.2, -0.15) is 0 Å². The van der Waals surface area contributed by atoms with E-state index in [1.54, 1.807) is 12.1 Å². The van der Waals surface area contributed by atoms with Crippen LogP contribution in [0.2, 0.25) is 0 Å². The fourth-order valence-corrected chi connectivity index (χ4v) is 3.24. The number of non-ortho nitro benzene ring substituents is 1. The second-order valence-electron chi connectivity index (χ2n) is 5.96. The average Bonchev–Trinajstić information content (AvgIpc) is 3.01. The number of rotatable bonds is 4. The van der Waals surface area contributed by atoms with Crippen LogP contribution < -0.4 is 9.47 Å². The van der Waals surface area contributed by atoms with Gasteiger partial charge in [-0.25, -0.2) is 0 Å². The van der Waals surface area contributed by atoms with Gasteiger partial charge in [0.2, 0.25) is 0 Å². The SMILES string of the molecule is O=C1CCc2c(OCc3cc([N+](=O)[O-])cc4c3OCOC4)cccc21. The first-order valence-corrected chi connectivity index (χ1v) is 7.92. The Bertz CT molecular complexity index is 876. The molecular formula is C18H15NO6.